The summed E-state index contributed by atoms with van der Waals surface area (Å²) in [6.45, 7) is 2.22. The van der Waals surface area contributed by atoms with E-state index in [1.165, 1.54) is 24.2 Å². The number of hydrogen-bond donors (Lipinski definition) is 0. The van der Waals surface area contributed by atoms with Gasteiger partial charge in [0.25, 0.3) is 0 Å². The molecular formula is C12H20N3O2. The topological polar surface area (TPSA) is 64.4 Å². The molecule has 1 aliphatic heterocycles. The third-order valence-electron chi connectivity index (χ3n) is 3.83. The number of carbonyl (C=O) groups excluding carboxylic acids is 2. The normalized spacial score (nSPS) is 22.6. The van der Waals surface area contributed by atoms with Crippen molar-refractivity contribution in [2.75, 3.05) is 26.2 Å². The first kappa shape index (κ1) is 12.2. The van der Waals surface area contributed by atoms with Gasteiger partial charge >= 0.3 is 6.03 Å². The summed E-state index contributed by atoms with van der Waals surface area (Å²) in [7, 11) is 0. The zero-order valence-electron chi connectivity index (χ0n) is 10.2. The Hall–Kier alpha value is -1.26. The fraction of sp³-hybridized carbons (Fsp3) is 0.833. The minimum atomic E-state index is -0.630. The molecule has 2 rings (SSSR count). The average Bonchev–Trinajstić information content (AvgIpc) is 2.39. The van der Waals surface area contributed by atoms with Crippen LogP contribution in [0.5, 0.6) is 0 Å². The number of rotatable bonds is 1. The molecule has 1 heterocycles. The van der Waals surface area contributed by atoms with Gasteiger partial charge in [0.1, 0.15) is 0 Å². The van der Waals surface area contributed by atoms with Crippen LogP contribution in [0.15, 0.2) is 0 Å². The molecule has 1 aliphatic carbocycles. The molecule has 2 fully saturated rings. The molecule has 0 bridgehead atoms. The van der Waals surface area contributed by atoms with Gasteiger partial charge in [0, 0.05) is 32.1 Å². The molecule has 1 N–H and O–H groups in total. The van der Waals surface area contributed by atoms with Crippen LogP contribution in [-0.2, 0) is 4.79 Å². The highest BCUT2D eigenvalue weighted by Gasteiger charge is 2.29. The van der Waals surface area contributed by atoms with E-state index in [4.69, 9.17) is 5.73 Å². The van der Waals surface area contributed by atoms with Crippen molar-refractivity contribution >= 4 is 11.9 Å². The number of carbonyl (C=O) groups is 2. The number of piperazine rings is 1. The third kappa shape index (κ3) is 2.90. The van der Waals surface area contributed by atoms with Crippen LogP contribution in [0.1, 0.15) is 32.1 Å². The zero-order chi connectivity index (χ0) is 12.3. The lowest BCUT2D eigenvalue weighted by atomic mass is 9.88. The Kier molecular flexibility index (Phi) is 3.86. The van der Waals surface area contributed by atoms with Crippen molar-refractivity contribution in [1.82, 2.24) is 15.5 Å². The highest BCUT2D eigenvalue weighted by atomic mass is 16.2. The van der Waals surface area contributed by atoms with E-state index in [0.29, 0.717) is 26.2 Å². The maximum atomic E-state index is 12.2. The van der Waals surface area contributed by atoms with Crippen LogP contribution >= 0.6 is 0 Å². The summed E-state index contributed by atoms with van der Waals surface area (Å²) in [4.78, 5) is 26.4. The van der Waals surface area contributed by atoms with Gasteiger partial charge in [0.15, 0.2) is 0 Å². The van der Waals surface area contributed by atoms with Crippen LogP contribution in [0, 0.1) is 5.92 Å². The van der Waals surface area contributed by atoms with Gasteiger partial charge < -0.3 is 9.80 Å². The molecule has 0 aromatic carbocycles. The Morgan fingerprint density at radius 1 is 0.882 bits per heavy atom. The predicted molar refractivity (Wildman–Crippen MR) is 63.2 cm³/mol. The van der Waals surface area contributed by atoms with Crippen LogP contribution in [-0.4, -0.2) is 47.9 Å². The maximum absolute atomic E-state index is 12.2. The second-order valence-corrected chi connectivity index (χ2v) is 4.95. The van der Waals surface area contributed by atoms with E-state index in [1.54, 1.807) is 0 Å². The van der Waals surface area contributed by atoms with E-state index >= 15 is 0 Å². The molecule has 95 valence electrons. The highest BCUT2D eigenvalue weighted by Crippen LogP contribution is 2.25. The first-order valence-electron chi connectivity index (χ1n) is 6.48. The molecule has 0 aromatic heterocycles. The smallest absolute Gasteiger partial charge is 0.336 e. The van der Waals surface area contributed by atoms with Gasteiger partial charge in [-0.05, 0) is 12.8 Å². The quantitative estimate of drug-likeness (QED) is 0.687. The molecule has 0 unspecified atom stereocenters. The van der Waals surface area contributed by atoms with E-state index in [9.17, 15) is 9.59 Å². The largest absolute Gasteiger partial charge is 0.339 e. The lowest BCUT2D eigenvalue weighted by molar-refractivity contribution is -0.138. The van der Waals surface area contributed by atoms with Crippen LogP contribution in [0.2, 0.25) is 0 Å². The average molecular weight is 238 g/mol. The van der Waals surface area contributed by atoms with E-state index in [-0.39, 0.29) is 11.8 Å². The van der Waals surface area contributed by atoms with E-state index < -0.39 is 6.03 Å². The van der Waals surface area contributed by atoms with E-state index in [2.05, 4.69) is 0 Å². The summed E-state index contributed by atoms with van der Waals surface area (Å²) in [5, 5.41) is 0. The molecule has 5 heteroatoms. The second kappa shape index (κ2) is 5.38. The minimum absolute atomic E-state index is 0.210. The minimum Gasteiger partial charge on any atom is -0.339 e. The number of nitrogens with zero attached hydrogens (tertiary/aromatic N) is 2. The monoisotopic (exact) mass is 238 g/mol. The number of urea groups is 1. The summed E-state index contributed by atoms with van der Waals surface area (Å²) >= 11 is 0. The highest BCUT2D eigenvalue weighted by molar-refractivity contribution is 5.79. The Morgan fingerprint density at radius 3 is 1.94 bits per heavy atom. The summed E-state index contributed by atoms with van der Waals surface area (Å²) < 4.78 is 0. The molecule has 1 saturated heterocycles. The van der Waals surface area contributed by atoms with E-state index in [1.807, 2.05) is 4.90 Å². The van der Waals surface area contributed by atoms with Crippen molar-refractivity contribution in [2.24, 2.45) is 5.92 Å². The summed E-state index contributed by atoms with van der Waals surface area (Å²) in [6.07, 6.45) is 5.64. The molecule has 2 aliphatic rings. The standard InChI is InChI=1S/C12H20N3O2/c13-12(17)15-8-6-14(7-9-15)11(16)10-4-2-1-3-5-10/h10,13H,1-9H2. The first-order valence-corrected chi connectivity index (χ1v) is 6.48. The zero-order valence-corrected chi connectivity index (χ0v) is 10.2. The van der Waals surface area contributed by atoms with Crippen molar-refractivity contribution in [3.63, 3.8) is 0 Å². The van der Waals surface area contributed by atoms with Crippen molar-refractivity contribution in [3.05, 3.63) is 0 Å². The molecule has 0 atom stereocenters. The summed E-state index contributed by atoms with van der Waals surface area (Å²) in [5.74, 6) is 0.476. The summed E-state index contributed by atoms with van der Waals surface area (Å²) in [5.41, 5.74) is 7.02. The molecule has 0 aromatic rings. The number of hydrogen-bond acceptors (Lipinski definition) is 2. The fourth-order valence-corrected chi connectivity index (χ4v) is 2.74. The van der Waals surface area contributed by atoms with Gasteiger partial charge in [-0.2, -0.15) is 0 Å². The number of nitrogens with one attached hydrogen (secondary N) is 1. The van der Waals surface area contributed by atoms with Gasteiger partial charge in [0.05, 0.1) is 0 Å². The second-order valence-electron chi connectivity index (χ2n) is 4.95. The van der Waals surface area contributed by atoms with E-state index in [0.717, 1.165) is 12.8 Å². The maximum Gasteiger partial charge on any atom is 0.336 e. The van der Waals surface area contributed by atoms with Gasteiger partial charge in [-0.1, -0.05) is 19.3 Å². The van der Waals surface area contributed by atoms with Crippen molar-refractivity contribution in [2.45, 2.75) is 32.1 Å². The molecule has 0 spiro atoms. The van der Waals surface area contributed by atoms with Crippen molar-refractivity contribution in [3.8, 4) is 0 Å². The molecule has 1 saturated carbocycles. The molecule has 3 amide bonds. The lowest BCUT2D eigenvalue weighted by Gasteiger charge is -2.36. The van der Waals surface area contributed by atoms with Gasteiger partial charge in [-0.15, -0.1) is 0 Å². The predicted octanol–water partition coefficient (Wildman–Crippen LogP) is 1.11. The Bertz CT molecular complexity index is 292. The fourth-order valence-electron chi connectivity index (χ4n) is 2.74. The van der Waals surface area contributed by atoms with Crippen molar-refractivity contribution in [1.29, 1.82) is 0 Å². The van der Waals surface area contributed by atoms with Gasteiger partial charge in [0.2, 0.25) is 5.91 Å². The van der Waals surface area contributed by atoms with Crippen LogP contribution in [0.25, 0.3) is 0 Å². The lowest BCUT2D eigenvalue weighted by Crippen LogP contribution is -2.52. The van der Waals surface area contributed by atoms with Gasteiger partial charge in [-0.3, -0.25) is 4.79 Å². The van der Waals surface area contributed by atoms with Crippen LogP contribution in [0.3, 0.4) is 0 Å². The molecule has 17 heavy (non-hydrogen) atoms. The molecule has 5 nitrogen and oxygen atoms in total. The molecule has 1 radical (unpaired) electrons. The Morgan fingerprint density at radius 2 is 1.41 bits per heavy atom. The summed E-state index contributed by atoms with van der Waals surface area (Å²) in [6, 6.07) is -0.630. The van der Waals surface area contributed by atoms with Crippen LogP contribution < -0.4 is 5.73 Å². The van der Waals surface area contributed by atoms with Crippen LogP contribution in [0.4, 0.5) is 4.79 Å². The Balaban J connectivity index is 1.83. The van der Waals surface area contributed by atoms with Gasteiger partial charge in [-0.25, -0.2) is 10.5 Å². The van der Waals surface area contributed by atoms with Crippen molar-refractivity contribution < 1.29 is 9.59 Å². The Labute approximate surface area is 102 Å². The SMILES string of the molecule is [NH]C(=O)N1CCN(C(=O)C2CCCCC2)CC1. The first-order chi connectivity index (χ1) is 8.18. The third-order valence-corrected chi connectivity index (χ3v) is 3.83. The molecular weight excluding hydrogens is 218 g/mol. The number of amides is 3.